The number of carbonyl (C=O) groups is 4. The first-order valence-corrected chi connectivity index (χ1v) is 9.18. The zero-order valence-corrected chi connectivity index (χ0v) is 16.4. The van der Waals surface area contributed by atoms with E-state index in [1.54, 1.807) is 12.1 Å². The van der Waals surface area contributed by atoms with Crippen molar-refractivity contribution in [2.75, 3.05) is 0 Å². The van der Waals surface area contributed by atoms with E-state index in [0.29, 0.717) is 6.42 Å². The number of Topliss-reactive ketones (excluding diaryl/α,β-unsaturated/α-hetero) is 1. The molecule has 0 radical (unpaired) electrons. The summed E-state index contributed by atoms with van der Waals surface area (Å²) in [6.45, 7) is 5.16. The lowest BCUT2D eigenvalue weighted by molar-refractivity contribution is -0.142. The summed E-state index contributed by atoms with van der Waals surface area (Å²) in [6, 6.07) is 6.95. The standard InChI is InChI=1S/C20H28N2O6/c1-13(2)11-17(18(24)21-16(19(25)26)10-9-14(3)23)22-20(27)28-12-15-7-5-4-6-8-15/h4-8,13,16-17H,9-12H2,1-3H3,(H,21,24)(H,22,27)(H,25,26)/t16-,17+/m1/s1. The molecule has 0 spiro atoms. The van der Waals surface area contributed by atoms with E-state index in [4.69, 9.17) is 4.74 Å². The highest BCUT2D eigenvalue weighted by atomic mass is 16.5. The van der Waals surface area contributed by atoms with E-state index < -0.39 is 30.1 Å². The molecule has 8 nitrogen and oxygen atoms in total. The highest BCUT2D eigenvalue weighted by molar-refractivity contribution is 5.89. The Morgan fingerprint density at radius 3 is 2.21 bits per heavy atom. The van der Waals surface area contributed by atoms with Crippen LogP contribution in [0.4, 0.5) is 4.79 Å². The van der Waals surface area contributed by atoms with Gasteiger partial charge in [-0.25, -0.2) is 9.59 Å². The van der Waals surface area contributed by atoms with Crippen molar-refractivity contribution in [1.82, 2.24) is 10.6 Å². The van der Waals surface area contributed by atoms with E-state index in [-0.39, 0.29) is 31.1 Å². The molecule has 28 heavy (non-hydrogen) atoms. The van der Waals surface area contributed by atoms with Gasteiger partial charge < -0.3 is 25.3 Å². The van der Waals surface area contributed by atoms with Gasteiger partial charge in [0.1, 0.15) is 24.5 Å². The van der Waals surface area contributed by atoms with Gasteiger partial charge in [-0.05, 0) is 31.2 Å². The Morgan fingerprint density at radius 2 is 1.68 bits per heavy atom. The molecule has 154 valence electrons. The van der Waals surface area contributed by atoms with Crippen molar-refractivity contribution in [2.24, 2.45) is 5.92 Å². The van der Waals surface area contributed by atoms with Gasteiger partial charge in [-0.15, -0.1) is 0 Å². The quantitative estimate of drug-likeness (QED) is 0.531. The Morgan fingerprint density at radius 1 is 1.04 bits per heavy atom. The predicted octanol–water partition coefficient (Wildman–Crippen LogP) is 2.27. The summed E-state index contributed by atoms with van der Waals surface area (Å²) in [6.07, 6.45) is -0.423. The number of carboxylic acids is 1. The molecule has 8 heteroatoms. The molecule has 0 aliphatic carbocycles. The first-order valence-electron chi connectivity index (χ1n) is 9.18. The lowest BCUT2D eigenvalue weighted by Crippen LogP contribution is -2.52. The molecule has 0 aliphatic heterocycles. The van der Waals surface area contributed by atoms with Crippen LogP contribution in [0.25, 0.3) is 0 Å². The number of ether oxygens (including phenoxy) is 1. The molecule has 1 aromatic rings. The number of hydrogen-bond donors (Lipinski definition) is 3. The summed E-state index contributed by atoms with van der Waals surface area (Å²) < 4.78 is 5.13. The van der Waals surface area contributed by atoms with Crippen molar-refractivity contribution < 1.29 is 29.0 Å². The van der Waals surface area contributed by atoms with Crippen molar-refractivity contribution in [3.05, 3.63) is 35.9 Å². The molecular weight excluding hydrogens is 364 g/mol. The number of hydrogen-bond acceptors (Lipinski definition) is 5. The van der Waals surface area contributed by atoms with E-state index >= 15 is 0 Å². The van der Waals surface area contributed by atoms with Crippen LogP contribution in [0.2, 0.25) is 0 Å². The summed E-state index contributed by atoms with van der Waals surface area (Å²) >= 11 is 0. The van der Waals surface area contributed by atoms with Crippen LogP contribution >= 0.6 is 0 Å². The second kappa shape index (κ2) is 11.7. The van der Waals surface area contributed by atoms with Crippen molar-refractivity contribution in [1.29, 1.82) is 0 Å². The van der Waals surface area contributed by atoms with Gasteiger partial charge in [0.25, 0.3) is 0 Å². The fourth-order valence-corrected chi connectivity index (χ4v) is 2.49. The monoisotopic (exact) mass is 392 g/mol. The number of alkyl carbamates (subject to hydrolysis) is 1. The fourth-order valence-electron chi connectivity index (χ4n) is 2.49. The third-order valence-corrected chi connectivity index (χ3v) is 3.93. The summed E-state index contributed by atoms with van der Waals surface area (Å²) in [4.78, 5) is 47.0. The molecule has 1 aromatic carbocycles. The number of rotatable bonds is 11. The Bertz CT molecular complexity index is 675. The maximum absolute atomic E-state index is 12.5. The van der Waals surface area contributed by atoms with E-state index in [2.05, 4.69) is 10.6 Å². The average Bonchev–Trinajstić information content (AvgIpc) is 2.62. The topological polar surface area (TPSA) is 122 Å². The van der Waals surface area contributed by atoms with Crippen LogP contribution in [0.15, 0.2) is 30.3 Å². The second-order valence-corrected chi connectivity index (χ2v) is 7.03. The van der Waals surface area contributed by atoms with Crippen molar-refractivity contribution in [2.45, 2.75) is 58.7 Å². The van der Waals surface area contributed by atoms with Crippen LogP contribution in [0.1, 0.15) is 45.6 Å². The molecule has 0 heterocycles. The molecule has 0 fully saturated rings. The number of aliphatic carboxylic acids is 1. The van der Waals surface area contributed by atoms with Crippen LogP contribution in [0, 0.1) is 5.92 Å². The molecule has 0 aliphatic rings. The maximum atomic E-state index is 12.5. The number of carboxylic acid groups (broad SMARTS) is 1. The molecule has 0 aromatic heterocycles. The van der Waals surface area contributed by atoms with E-state index in [1.807, 2.05) is 32.0 Å². The summed E-state index contributed by atoms with van der Waals surface area (Å²) in [5.74, 6) is -1.95. The summed E-state index contributed by atoms with van der Waals surface area (Å²) in [5.41, 5.74) is 0.803. The van der Waals surface area contributed by atoms with Gasteiger partial charge in [0.05, 0.1) is 0 Å². The Kier molecular flexibility index (Phi) is 9.70. The smallest absolute Gasteiger partial charge is 0.408 e. The van der Waals surface area contributed by atoms with Crippen LogP contribution < -0.4 is 10.6 Å². The third-order valence-electron chi connectivity index (χ3n) is 3.93. The fraction of sp³-hybridized carbons (Fsp3) is 0.500. The number of amides is 2. The molecule has 0 bridgehead atoms. The van der Waals surface area contributed by atoms with Gasteiger partial charge in [0.2, 0.25) is 5.91 Å². The molecule has 3 N–H and O–H groups in total. The predicted molar refractivity (Wildman–Crippen MR) is 102 cm³/mol. The van der Waals surface area contributed by atoms with Crippen LogP contribution in [-0.4, -0.2) is 40.9 Å². The molecule has 1 rings (SSSR count). The Labute approximate surface area is 164 Å². The molecule has 0 unspecified atom stereocenters. The molecule has 0 saturated carbocycles. The summed E-state index contributed by atoms with van der Waals surface area (Å²) in [7, 11) is 0. The van der Waals surface area contributed by atoms with Crippen LogP contribution in [-0.2, 0) is 25.7 Å². The average molecular weight is 392 g/mol. The Hall–Kier alpha value is -2.90. The van der Waals surface area contributed by atoms with Crippen molar-refractivity contribution in [3.8, 4) is 0 Å². The van der Waals surface area contributed by atoms with Crippen molar-refractivity contribution in [3.63, 3.8) is 0 Å². The van der Waals surface area contributed by atoms with Gasteiger partial charge in [-0.1, -0.05) is 44.2 Å². The largest absolute Gasteiger partial charge is 0.480 e. The van der Waals surface area contributed by atoms with Gasteiger partial charge in [0, 0.05) is 6.42 Å². The first kappa shape index (κ1) is 23.1. The third kappa shape index (κ3) is 9.16. The number of benzene rings is 1. The van der Waals surface area contributed by atoms with Gasteiger partial charge in [-0.3, -0.25) is 4.79 Å². The highest BCUT2D eigenvalue weighted by Gasteiger charge is 2.27. The van der Waals surface area contributed by atoms with E-state index in [1.165, 1.54) is 6.92 Å². The SMILES string of the molecule is CC(=O)CC[C@@H](NC(=O)[C@H](CC(C)C)NC(=O)OCc1ccccc1)C(=O)O. The van der Waals surface area contributed by atoms with E-state index in [0.717, 1.165) is 5.56 Å². The van der Waals surface area contributed by atoms with Crippen molar-refractivity contribution >= 4 is 23.8 Å². The summed E-state index contributed by atoms with van der Waals surface area (Å²) in [5, 5.41) is 14.1. The van der Waals surface area contributed by atoms with Gasteiger partial charge in [0.15, 0.2) is 0 Å². The maximum Gasteiger partial charge on any atom is 0.408 e. The number of carbonyl (C=O) groups excluding carboxylic acids is 3. The molecule has 2 atom stereocenters. The zero-order valence-electron chi connectivity index (χ0n) is 16.4. The van der Waals surface area contributed by atoms with E-state index in [9.17, 15) is 24.3 Å². The molecular formula is C20H28N2O6. The lowest BCUT2D eigenvalue weighted by atomic mass is 10.0. The molecule has 2 amide bonds. The number of nitrogens with one attached hydrogen (secondary N) is 2. The van der Waals surface area contributed by atoms with Gasteiger partial charge >= 0.3 is 12.1 Å². The lowest BCUT2D eigenvalue weighted by Gasteiger charge is -2.22. The highest BCUT2D eigenvalue weighted by Crippen LogP contribution is 2.08. The minimum Gasteiger partial charge on any atom is -0.480 e. The van der Waals surface area contributed by atoms with Crippen LogP contribution in [0.5, 0.6) is 0 Å². The first-order chi connectivity index (χ1) is 13.2. The minimum absolute atomic E-state index is 0.0107. The molecule has 0 saturated heterocycles. The van der Waals surface area contributed by atoms with Gasteiger partial charge in [-0.2, -0.15) is 0 Å². The van der Waals surface area contributed by atoms with Crippen LogP contribution in [0.3, 0.4) is 0 Å². The zero-order chi connectivity index (χ0) is 21.1. The Balaban J connectivity index is 2.68. The normalized spacial score (nSPS) is 12.7. The number of ketones is 1. The minimum atomic E-state index is -1.23. The second-order valence-electron chi connectivity index (χ2n) is 7.03.